The van der Waals surface area contributed by atoms with Crippen molar-refractivity contribution in [2.24, 2.45) is 0 Å². The number of fused-ring (bicyclic) bond motifs is 1. The lowest BCUT2D eigenvalue weighted by Gasteiger charge is -2.10. The molecule has 4 rings (SSSR count). The van der Waals surface area contributed by atoms with E-state index >= 15 is 0 Å². The van der Waals surface area contributed by atoms with Gasteiger partial charge in [-0.1, -0.05) is 23.4 Å². The molecule has 4 aromatic rings. The highest BCUT2D eigenvalue weighted by atomic mass is 16.5. The largest absolute Gasteiger partial charge is 0.493 e. The van der Waals surface area contributed by atoms with Gasteiger partial charge >= 0.3 is 0 Å². The summed E-state index contributed by atoms with van der Waals surface area (Å²) in [6.07, 6.45) is 0.537. The standard InChI is InChI=1S/C22H21N3O3/c1-13-16-7-5-6-8-18(16)23-14(2)17(13)12-21-24-22(25-28-21)15-9-10-19(26-3)20(11-15)27-4/h5-11H,12H2,1-4H3. The maximum Gasteiger partial charge on any atom is 0.231 e. The monoisotopic (exact) mass is 375 g/mol. The topological polar surface area (TPSA) is 70.3 Å². The van der Waals surface area contributed by atoms with Crippen molar-refractivity contribution < 1.29 is 14.0 Å². The van der Waals surface area contributed by atoms with E-state index in [1.807, 2.05) is 43.3 Å². The van der Waals surface area contributed by atoms with Gasteiger partial charge in [0, 0.05) is 16.6 Å². The molecular formula is C22H21N3O3. The maximum atomic E-state index is 5.51. The highest BCUT2D eigenvalue weighted by molar-refractivity contribution is 5.83. The average molecular weight is 375 g/mol. The lowest BCUT2D eigenvalue weighted by molar-refractivity contribution is 0.355. The molecule has 0 aliphatic rings. The first kappa shape index (κ1) is 18.0. The molecule has 0 spiro atoms. The molecule has 2 heterocycles. The summed E-state index contributed by atoms with van der Waals surface area (Å²) in [5.74, 6) is 2.34. The van der Waals surface area contributed by atoms with Crippen LogP contribution in [0.1, 0.15) is 22.7 Å². The molecule has 0 aliphatic heterocycles. The van der Waals surface area contributed by atoms with Crippen molar-refractivity contribution in [3.05, 3.63) is 65.2 Å². The molecule has 28 heavy (non-hydrogen) atoms. The lowest BCUT2D eigenvalue weighted by Crippen LogP contribution is -2.00. The number of pyridine rings is 1. The van der Waals surface area contributed by atoms with Gasteiger partial charge in [-0.25, -0.2) is 0 Å². The Kier molecular flexibility index (Phi) is 4.69. The van der Waals surface area contributed by atoms with Gasteiger partial charge in [0.25, 0.3) is 0 Å². The van der Waals surface area contributed by atoms with Crippen LogP contribution in [0.2, 0.25) is 0 Å². The molecule has 0 fully saturated rings. The molecular weight excluding hydrogens is 354 g/mol. The highest BCUT2D eigenvalue weighted by Gasteiger charge is 2.16. The van der Waals surface area contributed by atoms with Crippen molar-refractivity contribution in [2.75, 3.05) is 14.2 Å². The van der Waals surface area contributed by atoms with E-state index in [-0.39, 0.29) is 0 Å². The van der Waals surface area contributed by atoms with Crippen molar-refractivity contribution >= 4 is 10.9 Å². The Hall–Kier alpha value is -3.41. The van der Waals surface area contributed by atoms with Gasteiger partial charge in [-0.05, 0) is 49.2 Å². The minimum Gasteiger partial charge on any atom is -0.493 e. The van der Waals surface area contributed by atoms with Crippen molar-refractivity contribution in [2.45, 2.75) is 20.3 Å². The molecule has 6 heteroatoms. The number of nitrogens with zero attached hydrogens (tertiary/aromatic N) is 3. The minimum atomic E-state index is 0.514. The smallest absolute Gasteiger partial charge is 0.231 e. The van der Waals surface area contributed by atoms with Crippen LogP contribution in [-0.2, 0) is 6.42 Å². The fourth-order valence-corrected chi connectivity index (χ4v) is 3.40. The number of methoxy groups -OCH3 is 2. The Balaban J connectivity index is 1.67. The number of hydrogen-bond donors (Lipinski definition) is 0. The fourth-order valence-electron chi connectivity index (χ4n) is 3.40. The van der Waals surface area contributed by atoms with Crippen LogP contribution in [0.3, 0.4) is 0 Å². The highest BCUT2D eigenvalue weighted by Crippen LogP contribution is 2.31. The van der Waals surface area contributed by atoms with Gasteiger partial charge in [0.15, 0.2) is 11.5 Å². The quantitative estimate of drug-likeness (QED) is 0.511. The molecule has 0 N–H and O–H groups in total. The van der Waals surface area contributed by atoms with E-state index in [2.05, 4.69) is 23.1 Å². The molecule has 0 saturated heterocycles. The molecule has 142 valence electrons. The van der Waals surface area contributed by atoms with E-state index in [4.69, 9.17) is 19.0 Å². The first-order chi connectivity index (χ1) is 13.6. The van der Waals surface area contributed by atoms with E-state index in [1.54, 1.807) is 14.2 Å². The van der Waals surface area contributed by atoms with Crippen LogP contribution < -0.4 is 9.47 Å². The third-order valence-corrected chi connectivity index (χ3v) is 4.92. The maximum absolute atomic E-state index is 5.51. The van der Waals surface area contributed by atoms with Gasteiger partial charge in [0.2, 0.25) is 11.7 Å². The SMILES string of the molecule is COc1ccc(-c2noc(Cc3c(C)nc4ccccc4c3C)n2)cc1OC. The zero-order valence-corrected chi connectivity index (χ0v) is 16.3. The Labute approximate surface area is 163 Å². The summed E-state index contributed by atoms with van der Waals surface area (Å²) in [7, 11) is 3.20. The molecule has 2 aromatic heterocycles. The van der Waals surface area contributed by atoms with E-state index in [9.17, 15) is 0 Å². The number of rotatable bonds is 5. The van der Waals surface area contributed by atoms with Gasteiger partial charge in [-0.15, -0.1) is 0 Å². The fraction of sp³-hybridized carbons (Fsp3) is 0.227. The summed E-state index contributed by atoms with van der Waals surface area (Å²) in [5.41, 5.74) is 5.08. The third kappa shape index (κ3) is 3.17. The van der Waals surface area contributed by atoms with E-state index in [0.29, 0.717) is 29.6 Å². The number of hydrogen-bond acceptors (Lipinski definition) is 6. The van der Waals surface area contributed by atoms with Crippen LogP contribution in [-0.4, -0.2) is 29.3 Å². The Morgan fingerprint density at radius 2 is 1.71 bits per heavy atom. The number of para-hydroxylation sites is 1. The van der Waals surface area contributed by atoms with Crippen LogP contribution in [0, 0.1) is 13.8 Å². The molecule has 0 saturated carbocycles. The van der Waals surface area contributed by atoms with E-state index < -0.39 is 0 Å². The molecule has 0 bridgehead atoms. The van der Waals surface area contributed by atoms with Crippen molar-refractivity contribution in [3.8, 4) is 22.9 Å². The summed E-state index contributed by atoms with van der Waals surface area (Å²) in [6.45, 7) is 4.12. The first-order valence-electron chi connectivity index (χ1n) is 9.00. The van der Waals surface area contributed by atoms with Crippen LogP contribution >= 0.6 is 0 Å². The second-order valence-corrected chi connectivity index (χ2v) is 6.58. The summed E-state index contributed by atoms with van der Waals surface area (Å²) < 4.78 is 16.1. The van der Waals surface area contributed by atoms with Gasteiger partial charge in [0.1, 0.15) is 0 Å². The number of aromatic nitrogens is 3. The summed E-state index contributed by atoms with van der Waals surface area (Å²) >= 11 is 0. The van der Waals surface area contributed by atoms with Gasteiger partial charge < -0.3 is 14.0 Å². The molecule has 6 nitrogen and oxygen atoms in total. The van der Waals surface area contributed by atoms with Crippen LogP contribution in [0.15, 0.2) is 47.0 Å². The second kappa shape index (κ2) is 7.31. The first-order valence-corrected chi connectivity index (χ1v) is 9.00. The van der Waals surface area contributed by atoms with E-state index in [1.165, 1.54) is 5.56 Å². The molecule has 0 atom stereocenters. The van der Waals surface area contributed by atoms with Crippen molar-refractivity contribution in [1.29, 1.82) is 0 Å². The normalized spacial score (nSPS) is 11.0. The second-order valence-electron chi connectivity index (χ2n) is 6.58. The Morgan fingerprint density at radius 1 is 0.929 bits per heavy atom. The molecule has 0 unspecified atom stereocenters. The number of benzene rings is 2. The predicted molar refractivity (Wildman–Crippen MR) is 107 cm³/mol. The van der Waals surface area contributed by atoms with Gasteiger partial charge in [0.05, 0.1) is 26.2 Å². The van der Waals surface area contributed by atoms with Crippen LogP contribution in [0.5, 0.6) is 11.5 Å². The van der Waals surface area contributed by atoms with Gasteiger partial charge in [-0.2, -0.15) is 4.98 Å². The summed E-state index contributed by atoms with van der Waals surface area (Å²) in [5, 5.41) is 5.27. The van der Waals surface area contributed by atoms with E-state index in [0.717, 1.165) is 27.7 Å². The Bertz CT molecular complexity index is 1150. The predicted octanol–water partition coefficient (Wildman–Crippen LogP) is 4.51. The zero-order valence-electron chi connectivity index (χ0n) is 16.3. The number of ether oxygens (including phenoxy) is 2. The van der Waals surface area contributed by atoms with Crippen LogP contribution in [0.4, 0.5) is 0 Å². The summed E-state index contributed by atoms with van der Waals surface area (Å²) in [4.78, 5) is 9.29. The molecule has 0 amide bonds. The number of aryl methyl sites for hydroxylation is 2. The lowest BCUT2D eigenvalue weighted by atomic mass is 9.99. The summed E-state index contributed by atoms with van der Waals surface area (Å²) in [6, 6.07) is 13.7. The minimum absolute atomic E-state index is 0.514. The van der Waals surface area contributed by atoms with Crippen LogP contribution in [0.25, 0.3) is 22.3 Å². The average Bonchev–Trinajstić information content (AvgIpc) is 3.19. The molecule has 2 aromatic carbocycles. The third-order valence-electron chi connectivity index (χ3n) is 4.92. The van der Waals surface area contributed by atoms with Gasteiger partial charge in [-0.3, -0.25) is 4.98 Å². The van der Waals surface area contributed by atoms with Crippen molar-refractivity contribution in [3.63, 3.8) is 0 Å². The van der Waals surface area contributed by atoms with Crippen molar-refractivity contribution in [1.82, 2.24) is 15.1 Å². The zero-order chi connectivity index (χ0) is 19.7. The molecule has 0 aliphatic carbocycles. The Morgan fingerprint density at radius 3 is 2.50 bits per heavy atom. The molecule has 0 radical (unpaired) electrons.